The Balaban J connectivity index is 0.000000318. The number of aliphatic carboxylic acids is 1. The topological polar surface area (TPSA) is 129 Å². The SMILES string of the molecule is O=C(O)C(F)(F)F.O=C(c1ccnnc1)N1C[C@H]2CN(c3cncnc3)C(=O)[C@H]2C1. The lowest BCUT2D eigenvalue weighted by Crippen LogP contribution is -2.35. The maximum Gasteiger partial charge on any atom is 0.490 e. The van der Waals surface area contributed by atoms with Gasteiger partial charge < -0.3 is 14.9 Å². The van der Waals surface area contributed by atoms with Gasteiger partial charge in [-0.2, -0.15) is 23.4 Å². The quantitative estimate of drug-likeness (QED) is 0.743. The highest BCUT2D eigenvalue weighted by Gasteiger charge is 2.48. The number of carboxylic acids is 1. The van der Waals surface area contributed by atoms with E-state index in [4.69, 9.17) is 9.90 Å². The standard InChI is InChI=1S/C15H14N6O2.C2HF3O2/c22-14(10-1-2-18-19-3-10)20-6-11-7-21(15(23)13(11)8-20)12-4-16-9-17-5-12;3-2(4,5)1(6)7/h1-5,9,11,13H,6-8H2;(H,6,7)/t11-,13-;/m0./s1. The van der Waals surface area contributed by atoms with Crippen molar-refractivity contribution in [3.05, 3.63) is 42.7 Å². The van der Waals surface area contributed by atoms with Crippen molar-refractivity contribution in [1.29, 1.82) is 0 Å². The predicted octanol–water partition coefficient (Wildman–Crippen LogP) is 0.635. The van der Waals surface area contributed by atoms with Gasteiger partial charge in [0.15, 0.2) is 0 Å². The van der Waals surface area contributed by atoms with E-state index in [0.717, 1.165) is 0 Å². The molecule has 30 heavy (non-hydrogen) atoms. The van der Waals surface area contributed by atoms with Crippen molar-refractivity contribution in [3.63, 3.8) is 0 Å². The van der Waals surface area contributed by atoms with Crippen molar-refractivity contribution < 1.29 is 32.7 Å². The van der Waals surface area contributed by atoms with E-state index in [1.54, 1.807) is 28.3 Å². The van der Waals surface area contributed by atoms with E-state index in [0.29, 0.717) is 30.9 Å². The van der Waals surface area contributed by atoms with Crippen LogP contribution in [0.1, 0.15) is 10.4 Å². The van der Waals surface area contributed by atoms with Gasteiger partial charge in [0.2, 0.25) is 5.91 Å². The summed E-state index contributed by atoms with van der Waals surface area (Å²) in [5.41, 5.74) is 1.21. The summed E-state index contributed by atoms with van der Waals surface area (Å²) in [6.07, 6.45) is 2.57. The number of carboxylic acid groups (broad SMARTS) is 1. The summed E-state index contributed by atoms with van der Waals surface area (Å²) in [6, 6.07) is 1.64. The van der Waals surface area contributed by atoms with Crippen LogP contribution in [0.4, 0.5) is 18.9 Å². The van der Waals surface area contributed by atoms with E-state index in [9.17, 15) is 22.8 Å². The van der Waals surface area contributed by atoms with Crippen LogP contribution in [0.2, 0.25) is 0 Å². The minimum atomic E-state index is -5.08. The average molecular weight is 424 g/mol. The molecule has 158 valence electrons. The highest BCUT2D eigenvalue weighted by molar-refractivity contribution is 5.99. The molecule has 1 N–H and O–H groups in total. The highest BCUT2D eigenvalue weighted by Crippen LogP contribution is 2.35. The van der Waals surface area contributed by atoms with Crippen LogP contribution in [0.15, 0.2) is 37.2 Å². The molecule has 0 radical (unpaired) electrons. The third-order valence-electron chi connectivity index (χ3n) is 4.66. The number of hydrogen-bond donors (Lipinski definition) is 1. The largest absolute Gasteiger partial charge is 0.490 e. The molecule has 10 nitrogen and oxygen atoms in total. The number of nitrogens with zero attached hydrogens (tertiary/aromatic N) is 6. The Morgan fingerprint density at radius 3 is 2.27 bits per heavy atom. The molecule has 4 rings (SSSR count). The molecule has 2 aromatic heterocycles. The van der Waals surface area contributed by atoms with Gasteiger partial charge >= 0.3 is 12.1 Å². The average Bonchev–Trinajstić information content (AvgIpc) is 3.28. The van der Waals surface area contributed by atoms with Gasteiger partial charge in [-0.25, -0.2) is 14.8 Å². The fourth-order valence-corrected chi connectivity index (χ4v) is 3.29. The third-order valence-corrected chi connectivity index (χ3v) is 4.66. The van der Waals surface area contributed by atoms with Crippen LogP contribution < -0.4 is 4.90 Å². The lowest BCUT2D eigenvalue weighted by Gasteiger charge is -2.21. The first-order chi connectivity index (χ1) is 14.2. The van der Waals surface area contributed by atoms with E-state index in [1.165, 1.54) is 18.7 Å². The number of hydrogen-bond acceptors (Lipinski definition) is 7. The van der Waals surface area contributed by atoms with E-state index in [-0.39, 0.29) is 23.7 Å². The molecule has 2 atom stereocenters. The van der Waals surface area contributed by atoms with Gasteiger partial charge in [0.1, 0.15) is 6.33 Å². The zero-order valence-corrected chi connectivity index (χ0v) is 15.2. The number of alkyl halides is 3. The molecule has 13 heteroatoms. The summed E-state index contributed by atoms with van der Waals surface area (Å²) in [5, 5.41) is 14.5. The fraction of sp³-hybridized carbons (Fsp3) is 0.353. The first-order valence-electron chi connectivity index (χ1n) is 8.61. The van der Waals surface area contributed by atoms with Gasteiger partial charge in [0.25, 0.3) is 5.91 Å². The van der Waals surface area contributed by atoms with E-state index in [2.05, 4.69) is 20.2 Å². The number of amides is 2. The molecule has 0 aliphatic carbocycles. The summed E-state index contributed by atoms with van der Waals surface area (Å²) in [7, 11) is 0. The predicted molar refractivity (Wildman–Crippen MR) is 93.0 cm³/mol. The van der Waals surface area contributed by atoms with Gasteiger partial charge in [-0.1, -0.05) is 0 Å². The number of carbonyl (C=O) groups is 3. The number of fused-ring (bicyclic) bond motifs is 1. The summed E-state index contributed by atoms with van der Waals surface area (Å²) >= 11 is 0. The number of rotatable bonds is 2. The van der Waals surface area contributed by atoms with Gasteiger partial charge in [-0.15, -0.1) is 0 Å². The van der Waals surface area contributed by atoms with Crippen LogP contribution in [0.3, 0.4) is 0 Å². The van der Waals surface area contributed by atoms with Gasteiger partial charge in [-0.3, -0.25) is 9.59 Å². The number of anilines is 1. The van der Waals surface area contributed by atoms with Crippen LogP contribution >= 0.6 is 0 Å². The number of aromatic nitrogens is 4. The summed E-state index contributed by atoms with van der Waals surface area (Å²) < 4.78 is 31.7. The Morgan fingerprint density at radius 2 is 1.73 bits per heavy atom. The molecule has 0 unspecified atom stereocenters. The Hall–Kier alpha value is -3.64. The lowest BCUT2D eigenvalue weighted by atomic mass is 10.0. The highest BCUT2D eigenvalue weighted by atomic mass is 19.4. The van der Waals surface area contributed by atoms with Gasteiger partial charge in [0, 0.05) is 25.6 Å². The second kappa shape index (κ2) is 8.39. The van der Waals surface area contributed by atoms with Crippen molar-refractivity contribution in [2.75, 3.05) is 24.5 Å². The zero-order valence-electron chi connectivity index (χ0n) is 15.2. The van der Waals surface area contributed by atoms with Crippen LogP contribution in [-0.4, -0.2) is 73.8 Å². The molecule has 2 aliphatic heterocycles. The van der Waals surface area contributed by atoms with Gasteiger partial charge in [0.05, 0.1) is 42.0 Å². The molecule has 2 aliphatic rings. The lowest BCUT2D eigenvalue weighted by molar-refractivity contribution is -0.192. The monoisotopic (exact) mass is 424 g/mol. The van der Waals surface area contributed by atoms with Gasteiger partial charge in [-0.05, 0) is 6.07 Å². The molecule has 0 bridgehead atoms. The Bertz CT molecular complexity index is 928. The number of halogens is 3. The molecule has 0 spiro atoms. The Morgan fingerprint density at radius 1 is 1.07 bits per heavy atom. The third kappa shape index (κ3) is 4.50. The summed E-state index contributed by atoms with van der Waals surface area (Å²) in [4.78, 5) is 45.3. The van der Waals surface area contributed by atoms with E-state index >= 15 is 0 Å². The Kier molecular flexibility index (Phi) is 5.89. The Labute approximate surface area is 167 Å². The van der Waals surface area contributed by atoms with Crippen molar-refractivity contribution in [2.45, 2.75) is 6.18 Å². The van der Waals surface area contributed by atoms with Crippen molar-refractivity contribution in [3.8, 4) is 0 Å². The first-order valence-corrected chi connectivity index (χ1v) is 8.61. The minimum Gasteiger partial charge on any atom is -0.475 e. The first kappa shape index (κ1) is 21.1. The van der Waals surface area contributed by atoms with Crippen LogP contribution in [0, 0.1) is 11.8 Å². The second-order valence-electron chi connectivity index (χ2n) is 6.56. The van der Waals surface area contributed by atoms with Crippen LogP contribution in [0.25, 0.3) is 0 Å². The number of likely N-dealkylation sites (tertiary alicyclic amines) is 1. The minimum absolute atomic E-state index is 0.0351. The van der Waals surface area contributed by atoms with Crippen LogP contribution in [0.5, 0.6) is 0 Å². The molecule has 4 heterocycles. The smallest absolute Gasteiger partial charge is 0.475 e. The number of carbonyl (C=O) groups excluding carboxylic acids is 2. The molecular formula is C17H15F3N6O4. The van der Waals surface area contributed by atoms with E-state index in [1.807, 2.05) is 0 Å². The van der Waals surface area contributed by atoms with Crippen molar-refractivity contribution >= 4 is 23.5 Å². The molecule has 2 saturated heterocycles. The van der Waals surface area contributed by atoms with Crippen molar-refractivity contribution in [1.82, 2.24) is 25.1 Å². The second-order valence-corrected chi connectivity index (χ2v) is 6.56. The normalized spacial score (nSPS) is 20.4. The van der Waals surface area contributed by atoms with Crippen molar-refractivity contribution in [2.24, 2.45) is 11.8 Å². The summed E-state index contributed by atoms with van der Waals surface area (Å²) in [6.45, 7) is 1.60. The maximum atomic E-state index is 12.6. The molecule has 2 amide bonds. The molecule has 0 saturated carbocycles. The molecule has 2 aromatic rings. The fourth-order valence-electron chi connectivity index (χ4n) is 3.29. The molecule has 2 fully saturated rings. The zero-order chi connectivity index (χ0) is 21.9. The summed E-state index contributed by atoms with van der Waals surface area (Å²) in [5.74, 6) is -2.84. The molecule has 0 aromatic carbocycles. The van der Waals surface area contributed by atoms with Crippen LogP contribution in [-0.2, 0) is 9.59 Å². The maximum absolute atomic E-state index is 12.6. The van der Waals surface area contributed by atoms with E-state index < -0.39 is 12.1 Å². The molecular weight excluding hydrogens is 409 g/mol.